The van der Waals surface area contributed by atoms with Crippen molar-refractivity contribution >= 4 is 11.8 Å². The molecular weight excluding hydrogens is 259 g/mol. The molecule has 19 heavy (non-hydrogen) atoms. The van der Waals surface area contributed by atoms with Gasteiger partial charge >= 0.3 is 29.6 Å². The van der Waals surface area contributed by atoms with Crippen molar-refractivity contribution in [2.45, 2.75) is 6.61 Å². The average Bonchev–Trinajstić information content (AvgIpc) is 2.39. The number of ether oxygens (including phenoxy) is 3. The second-order valence-corrected chi connectivity index (χ2v) is 3.47. The third-order valence-corrected chi connectivity index (χ3v) is 2.15. The van der Waals surface area contributed by atoms with Crippen LogP contribution in [0.4, 0.5) is 0 Å². The van der Waals surface area contributed by atoms with E-state index in [9.17, 15) is 9.59 Å². The summed E-state index contributed by atoms with van der Waals surface area (Å²) < 4.78 is 14.5. The molecule has 0 aliphatic heterocycles. The first kappa shape index (κ1) is 18.0. The van der Waals surface area contributed by atoms with Gasteiger partial charge in [0.2, 0.25) is 0 Å². The molecule has 5 nitrogen and oxygen atoms in total. The fraction of sp³-hybridized carbons (Fsp3) is 0.308. The van der Waals surface area contributed by atoms with Crippen LogP contribution in [0.25, 0.3) is 0 Å². The quantitative estimate of drug-likeness (QED) is 0.253. The van der Waals surface area contributed by atoms with Gasteiger partial charge in [-0.3, -0.25) is 4.79 Å². The zero-order chi connectivity index (χ0) is 13.4. The van der Waals surface area contributed by atoms with Crippen molar-refractivity contribution in [3.63, 3.8) is 0 Å². The molecule has 0 aliphatic rings. The van der Waals surface area contributed by atoms with Crippen molar-refractivity contribution in [2.75, 3.05) is 20.8 Å². The molecular formula is C13H15NaO5. The number of Topliss-reactive ketones (excluding diaryl/α,β-unsaturated/α-hetero) is 1. The Bertz CT molecular complexity index is 402. The Morgan fingerprint density at radius 2 is 1.79 bits per heavy atom. The van der Waals surface area contributed by atoms with Crippen molar-refractivity contribution in [1.82, 2.24) is 0 Å². The summed E-state index contributed by atoms with van der Waals surface area (Å²) in [5, 5.41) is 0. The molecule has 0 saturated carbocycles. The van der Waals surface area contributed by atoms with Crippen LogP contribution in [-0.4, -0.2) is 32.6 Å². The summed E-state index contributed by atoms with van der Waals surface area (Å²) in [4.78, 5) is 22.0. The minimum Gasteiger partial charge on any atom is -0.497 e. The van der Waals surface area contributed by atoms with Crippen molar-refractivity contribution in [1.29, 1.82) is 0 Å². The van der Waals surface area contributed by atoms with Crippen LogP contribution >= 0.6 is 0 Å². The van der Waals surface area contributed by atoms with E-state index in [1.807, 2.05) is 12.1 Å². The summed E-state index contributed by atoms with van der Waals surface area (Å²) >= 11 is 0. The number of benzene rings is 1. The minimum absolute atomic E-state index is 0. The van der Waals surface area contributed by atoms with Gasteiger partial charge in [0, 0.05) is 5.78 Å². The van der Waals surface area contributed by atoms with Crippen LogP contribution in [-0.2, 0) is 25.7 Å². The van der Waals surface area contributed by atoms with Crippen LogP contribution < -0.4 is 34.3 Å². The molecule has 98 valence electrons. The van der Waals surface area contributed by atoms with Crippen LogP contribution in [0.15, 0.2) is 24.3 Å². The van der Waals surface area contributed by atoms with Crippen molar-refractivity contribution in [3.8, 4) is 5.75 Å². The third-order valence-electron chi connectivity index (χ3n) is 2.15. The monoisotopic (exact) mass is 274 g/mol. The van der Waals surface area contributed by atoms with E-state index in [1.165, 1.54) is 7.11 Å². The summed E-state index contributed by atoms with van der Waals surface area (Å²) in [6, 6.07) is 7.29. The molecule has 0 spiro atoms. The molecule has 0 saturated heterocycles. The van der Waals surface area contributed by atoms with Crippen LogP contribution in [0.3, 0.4) is 0 Å². The molecule has 6 heteroatoms. The van der Waals surface area contributed by atoms with E-state index in [4.69, 9.17) is 9.47 Å². The first-order chi connectivity index (χ1) is 8.65. The van der Waals surface area contributed by atoms with Crippen molar-refractivity contribution < 1.29 is 53.4 Å². The average molecular weight is 274 g/mol. The molecule has 0 atom stereocenters. The number of ketones is 1. The fourth-order valence-electron chi connectivity index (χ4n) is 1.22. The number of esters is 1. The maximum Gasteiger partial charge on any atom is 1.00 e. The summed E-state index contributed by atoms with van der Waals surface area (Å²) in [6.45, 7) is 0.145. The Morgan fingerprint density at radius 3 is 2.32 bits per heavy atom. The maximum atomic E-state index is 11.2. The van der Waals surface area contributed by atoms with Gasteiger partial charge in [-0.15, -0.1) is 0 Å². The van der Waals surface area contributed by atoms with Gasteiger partial charge in [-0.1, -0.05) is 12.1 Å². The van der Waals surface area contributed by atoms with Gasteiger partial charge in [-0.05, 0) is 17.7 Å². The Balaban J connectivity index is 0.00000324. The van der Waals surface area contributed by atoms with Gasteiger partial charge in [0.25, 0.3) is 0 Å². The Kier molecular flexibility index (Phi) is 9.34. The van der Waals surface area contributed by atoms with E-state index in [0.29, 0.717) is 6.61 Å². The molecule has 0 amide bonds. The predicted molar refractivity (Wildman–Crippen MR) is 64.0 cm³/mol. The number of carbonyl (C=O) groups is 2. The molecule has 0 N–H and O–H groups in total. The smallest absolute Gasteiger partial charge is 0.497 e. The maximum absolute atomic E-state index is 11.2. The van der Waals surface area contributed by atoms with Gasteiger partial charge < -0.3 is 19.0 Å². The molecule has 1 aromatic rings. The van der Waals surface area contributed by atoms with E-state index in [2.05, 4.69) is 4.74 Å². The molecule has 0 radical (unpaired) electrons. The van der Waals surface area contributed by atoms with Crippen LogP contribution in [0.1, 0.15) is 5.56 Å². The number of rotatable bonds is 7. The molecule has 0 unspecified atom stereocenters. The summed E-state index contributed by atoms with van der Waals surface area (Å²) in [6.07, 6.45) is 0.869. The van der Waals surface area contributed by atoms with Gasteiger partial charge in [0.1, 0.15) is 5.75 Å². The Morgan fingerprint density at radius 1 is 1.16 bits per heavy atom. The van der Waals surface area contributed by atoms with Gasteiger partial charge in [0.15, 0.2) is 5.97 Å². The predicted octanol–water partition coefficient (Wildman–Crippen LogP) is -1.84. The third kappa shape index (κ3) is 7.22. The molecule has 1 aromatic carbocycles. The molecule has 0 aromatic heterocycles. The van der Waals surface area contributed by atoms with Crippen LogP contribution in [0, 0.1) is 6.42 Å². The van der Waals surface area contributed by atoms with Gasteiger partial charge in [-0.25, -0.2) is 6.42 Å². The van der Waals surface area contributed by atoms with E-state index in [1.54, 1.807) is 19.2 Å². The van der Waals surface area contributed by atoms with E-state index in [0.717, 1.165) is 17.7 Å². The van der Waals surface area contributed by atoms with Gasteiger partial charge in [-0.2, -0.15) is 0 Å². The number of carbonyl (C=O) groups excluding carboxylic acids is 2. The van der Waals surface area contributed by atoms with E-state index >= 15 is 0 Å². The number of methoxy groups -OCH3 is 2. The van der Waals surface area contributed by atoms with E-state index < -0.39 is 11.8 Å². The van der Waals surface area contributed by atoms with Gasteiger partial charge in [0.05, 0.1) is 27.4 Å². The molecule has 0 aliphatic carbocycles. The van der Waals surface area contributed by atoms with Crippen LogP contribution in [0.5, 0.6) is 5.75 Å². The normalized spacial score (nSPS) is 9.16. The van der Waals surface area contributed by atoms with Crippen molar-refractivity contribution in [2.24, 2.45) is 0 Å². The fourth-order valence-corrected chi connectivity index (χ4v) is 1.22. The SMILES string of the molecule is COC(=O)[CH-]C(=O)COCc1ccc(OC)cc1.[Na+]. The van der Waals surface area contributed by atoms with Crippen LogP contribution in [0.2, 0.25) is 0 Å². The minimum atomic E-state index is -0.673. The largest absolute Gasteiger partial charge is 1.00 e. The second kappa shape index (κ2) is 9.86. The topological polar surface area (TPSA) is 61.8 Å². The summed E-state index contributed by atoms with van der Waals surface area (Å²) in [5.41, 5.74) is 0.918. The second-order valence-electron chi connectivity index (χ2n) is 3.47. The Hall–Kier alpha value is -1.01. The van der Waals surface area contributed by atoms with Crippen molar-refractivity contribution in [3.05, 3.63) is 36.2 Å². The zero-order valence-electron chi connectivity index (χ0n) is 11.3. The summed E-state index contributed by atoms with van der Waals surface area (Å²) in [5.74, 6) is -0.336. The number of hydrogen-bond donors (Lipinski definition) is 0. The standard InChI is InChI=1S/C13H15O5.Na/c1-16-12-5-3-10(4-6-12)8-18-9-11(14)7-13(15)17-2;/h3-7H,8-9H2,1-2H3;/q-1;+1. The molecule has 0 bridgehead atoms. The zero-order valence-corrected chi connectivity index (χ0v) is 13.3. The number of hydrogen-bond acceptors (Lipinski definition) is 5. The Labute approximate surface area is 134 Å². The first-order valence-electron chi connectivity index (χ1n) is 5.32. The summed E-state index contributed by atoms with van der Waals surface area (Å²) in [7, 11) is 2.80. The molecule has 0 heterocycles. The molecule has 1 rings (SSSR count). The first-order valence-corrected chi connectivity index (χ1v) is 5.32. The molecule has 0 fully saturated rings. The van der Waals surface area contributed by atoms with E-state index in [-0.39, 0.29) is 36.2 Å².